The van der Waals surface area contributed by atoms with Gasteiger partial charge < -0.3 is 10.2 Å². The van der Waals surface area contributed by atoms with Gasteiger partial charge in [-0.25, -0.2) is 0 Å². The van der Waals surface area contributed by atoms with E-state index in [0.717, 1.165) is 37.1 Å². The topological polar surface area (TPSA) is 73.9 Å². The molecule has 0 saturated carbocycles. The Hall–Kier alpha value is -1.95. The first-order valence-electron chi connectivity index (χ1n) is 5.64. The van der Waals surface area contributed by atoms with Crippen LogP contribution in [0, 0.1) is 0 Å². The average molecular weight is 231 g/mol. The first kappa shape index (κ1) is 10.2. The van der Waals surface area contributed by atoms with Crippen molar-refractivity contribution in [2.45, 2.75) is 0 Å². The van der Waals surface area contributed by atoms with Crippen LogP contribution < -0.4 is 5.32 Å². The predicted molar refractivity (Wildman–Crippen MR) is 62.7 cm³/mol. The fourth-order valence-electron chi connectivity index (χ4n) is 2.04. The number of rotatable bonds is 1. The number of aromatic amines is 1. The van der Waals surface area contributed by atoms with Gasteiger partial charge in [0.15, 0.2) is 5.69 Å². The molecule has 17 heavy (non-hydrogen) atoms. The van der Waals surface area contributed by atoms with Crippen molar-refractivity contribution in [2.75, 3.05) is 26.2 Å². The molecule has 0 atom stereocenters. The fraction of sp³-hybridized carbons (Fsp3) is 0.364. The molecule has 1 fully saturated rings. The number of fused-ring (bicyclic) bond motifs is 1. The Bertz CT molecular complexity index is 544. The maximum Gasteiger partial charge on any atom is 0.275 e. The summed E-state index contributed by atoms with van der Waals surface area (Å²) >= 11 is 0. The summed E-state index contributed by atoms with van der Waals surface area (Å²) in [6.45, 7) is 3.14. The van der Waals surface area contributed by atoms with Crippen LogP contribution in [0.4, 0.5) is 0 Å². The number of hydrogen-bond donors (Lipinski definition) is 2. The second-order valence-electron chi connectivity index (χ2n) is 4.04. The summed E-state index contributed by atoms with van der Waals surface area (Å²) in [6, 6.07) is 1.82. The van der Waals surface area contributed by atoms with Crippen LogP contribution in [0.2, 0.25) is 0 Å². The highest BCUT2D eigenvalue weighted by molar-refractivity contribution is 6.04. The van der Waals surface area contributed by atoms with Crippen LogP contribution in [-0.4, -0.2) is 52.2 Å². The number of aromatic nitrogens is 3. The van der Waals surface area contributed by atoms with Gasteiger partial charge in [0, 0.05) is 38.6 Å². The molecular formula is C11H13N5O. The molecule has 0 radical (unpaired) electrons. The molecule has 1 amide bonds. The van der Waals surface area contributed by atoms with Crippen molar-refractivity contribution in [3.63, 3.8) is 0 Å². The summed E-state index contributed by atoms with van der Waals surface area (Å²) in [7, 11) is 0. The minimum Gasteiger partial charge on any atom is -0.335 e. The number of amides is 1. The summed E-state index contributed by atoms with van der Waals surface area (Å²) in [5.74, 6) is -0.0225. The zero-order chi connectivity index (χ0) is 11.7. The number of nitrogens with one attached hydrogen (secondary N) is 2. The fourth-order valence-corrected chi connectivity index (χ4v) is 2.04. The zero-order valence-electron chi connectivity index (χ0n) is 9.31. The average Bonchev–Trinajstić information content (AvgIpc) is 2.83. The smallest absolute Gasteiger partial charge is 0.275 e. The highest BCUT2D eigenvalue weighted by atomic mass is 16.2. The van der Waals surface area contributed by atoms with Crippen molar-refractivity contribution in [1.82, 2.24) is 25.4 Å². The molecular weight excluding hydrogens is 218 g/mol. The van der Waals surface area contributed by atoms with E-state index in [0.29, 0.717) is 5.69 Å². The lowest BCUT2D eigenvalue weighted by atomic mass is 10.2. The maximum atomic E-state index is 12.3. The monoisotopic (exact) mass is 231 g/mol. The molecule has 3 heterocycles. The van der Waals surface area contributed by atoms with Gasteiger partial charge in [-0.3, -0.25) is 14.9 Å². The minimum atomic E-state index is -0.0225. The molecule has 0 bridgehead atoms. The summed E-state index contributed by atoms with van der Waals surface area (Å²) in [5.41, 5.74) is 1.31. The second-order valence-corrected chi connectivity index (χ2v) is 4.04. The Morgan fingerprint density at radius 1 is 1.35 bits per heavy atom. The molecule has 6 nitrogen and oxygen atoms in total. The van der Waals surface area contributed by atoms with Crippen LogP contribution in [0.5, 0.6) is 0 Å². The molecule has 88 valence electrons. The highest BCUT2D eigenvalue weighted by Gasteiger charge is 2.22. The Morgan fingerprint density at radius 2 is 2.18 bits per heavy atom. The van der Waals surface area contributed by atoms with Crippen LogP contribution in [0.1, 0.15) is 10.5 Å². The second kappa shape index (κ2) is 4.14. The quantitative estimate of drug-likeness (QED) is 0.724. The Morgan fingerprint density at radius 3 is 3.00 bits per heavy atom. The van der Waals surface area contributed by atoms with E-state index in [-0.39, 0.29) is 5.91 Å². The molecule has 0 aliphatic carbocycles. The van der Waals surface area contributed by atoms with Crippen LogP contribution in [0.3, 0.4) is 0 Å². The number of carbonyl (C=O) groups is 1. The van der Waals surface area contributed by atoms with Gasteiger partial charge in [0.2, 0.25) is 0 Å². The van der Waals surface area contributed by atoms with E-state index in [1.54, 1.807) is 12.4 Å². The molecule has 2 N–H and O–H groups in total. The summed E-state index contributed by atoms with van der Waals surface area (Å²) in [4.78, 5) is 18.1. The summed E-state index contributed by atoms with van der Waals surface area (Å²) in [6.07, 6.45) is 3.36. The first-order chi connectivity index (χ1) is 8.36. The van der Waals surface area contributed by atoms with Gasteiger partial charge in [-0.2, -0.15) is 5.10 Å². The van der Waals surface area contributed by atoms with Gasteiger partial charge in [-0.1, -0.05) is 0 Å². The van der Waals surface area contributed by atoms with Crippen molar-refractivity contribution in [3.8, 4) is 0 Å². The lowest BCUT2D eigenvalue weighted by Crippen LogP contribution is -2.46. The third kappa shape index (κ3) is 1.76. The Balaban J connectivity index is 1.95. The van der Waals surface area contributed by atoms with Crippen molar-refractivity contribution >= 4 is 16.8 Å². The third-order valence-electron chi connectivity index (χ3n) is 2.97. The summed E-state index contributed by atoms with van der Waals surface area (Å²) in [5, 5.41) is 11.0. The highest BCUT2D eigenvalue weighted by Crippen LogP contribution is 2.15. The first-order valence-corrected chi connectivity index (χ1v) is 5.64. The molecule has 1 aliphatic heterocycles. The summed E-state index contributed by atoms with van der Waals surface area (Å²) < 4.78 is 0. The Kier molecular flexibility index (Phi) is 2.49. The van der Waals surface area contributed by atoms with Gasteiger partial charge in [0.25, 0.3) is 5.91 Å². The van der Waals surface area contributed by atoms with Crippen molar-refractivity contribution in [3.05, 3.63) is 24.2 Å². The molecule has 0 spiro atoms. The van der Waals surface area contributed by atoms with E-state index in [4.69, 9.17) is 0 Å². The third-order valence-corrected chi connectivity index (χ3v) is 2.97. The van der Waals surface area contributed by atoms with Gasteiger partial charge in [0.05, 0.1) is 10.9 Å². The van der Waals surface area contributed by atoms with Gasteiger partial charge in [-0.15, -0.1) is 0 Å². The molecule has 2 aromatic heterocycles. The van der Waals surface area contributed by atoms with E-state index >= 15 is 0 Å². The van der Waals surface area contributed by atoms with Crippen LogP contribution in [0.25, 0.3) is 10.9 Å². The van der Waals surface area contributed by atoms with E-state index in [1.165, 1.54) is 0 Å². The number of hydrogen-bond acceptors (Lipinski definition) is 4. The largest absolute Gasteiger partial charge is 0.335 e. The SMILES string of the molecule is O=C(c1n[nH]c2ccncc12)N1CCNCC1. The number of pyridine rings is 1. The zero-order valence-corrected chi connectivity index (χ0v) is 9.31. The number of H-pyrrole nitrogens is 1. The van der Waals surface area contributed by atoms with E-state index in [2.05, 4.69) is 20.5 Å². The van der Waals surface area contributed by atoms with Gasteiger partial charge >= 0.3 is 0 Å². The predicted octanol–water partition coefficient (Wildman–Crippen LogP) is 0.00330. The van der Waals surface area contributed by atoms with E-state index < -0.39 is 0 Å². The number of nitrogens with zero attached hydrogens (tertiary/aromatic N) is 3. The normalized spacial score (nSPS) is 16.4. The maximum absolute atomic E-state index is 12.3. The molecule has 2 aromatic rings. The van der Waals surface area contributed by atoms with Crippen molar-refractivity contribution in [2.24, 2.45) is 0 Å². The molecule has 6 heteroatoms. The number of carbonyl (C=O) groups excluding carboxylic acids is 1. The van der Waals surface area contributed by atoms with E-state index in [1.807, 2.05) is 11.0 Å². The lowest BCUT2D eigenvalue weighted by Gasteiger charge is -2.26. The molecule has 0 aromatic carbocycles. The van der Waals surface area contributed by atoms with Gasteiger partial charge in [0.1, 0.15) is 0 Å². The molecule has 0 unspecified atom stereocenters. The molecule has 1 saturated heterocycles. The van der Waals surface area contributed by atoms with Crippen molar-refractivity contribution in [1.29, 1.82) is 0 Å². The van der Waals surface area contributed by atoms with Gasteiger partial charge in [-0.05, 0) is 6.07 Å². The number of piperazine rings is 1. The van der Waals surface area contributed by atoms with Crippen molar-refractivity contribution < 1.29 is 4.79 Å². The lowest BCUT2D eigenvalue weighted by molar-refractivity contribution is 0.0732. The van der Waals surface area contributed by atoms with Crippen LogP contribution in [0.15, 0.2) is 18.5 Å². The molecule has 3 rings (SSSR count). The Labute approximate surface area is 98.0 Å². The standard InChI is InChI=1S/C11H13N5O/c17-11(16-5-3-12-4-6-16)10-8-7-13-2-1-9(8)14-15-10/h1-2,7,12H,3-6H2,(H,14,15). The minimum absolute atomic E-state index is 0.0225. The molecule has 1 aliphatic rings. The van der Waals surface area contributed by atoms with E-state index in [9.17, 15) is 4.79 Å². The van der Waals surface area contributed by atoms with Crippen LogP contribution in [-0.2, 0) is 0 Å². The van der Waals surface area contributed by atoms with Crippen LogP contribution >= 0.6 is 0 Å².